The highest BCUT2D eigenvalue weighted by atomic mass is 32.1. The molecule has 25 heavy (non-hydrogen) atoms. The van der Waals surface area contributed by atoms with Crippen molar-refractivity contribution < 1.29 is 4.74 Å². The highest BCUT2D eigenvalue weighted by Crippen LogP contribution is 2.23. The Labute approximate surface area is 153 Å². The Morgan fingerprint density at radius 3 is 2.88 bits per heavy atom. The lowest BCUT2D eigenvalue weighted by Gasteiger charge is -2.27. The fraction of sp³-hybridized carbons (Fsp3) is 0.421. The zero-order valence-electron chi connectivity index (χ0n) is 14.7. The highest BCUT2D eigenvalue weighted by Gasteiger charge is 2.16. The minimum absolute atomic E-state index is 0.609. The van der Waals surface area contributed by atoms with E-state index in [1.807, 2.05) is 41.7 Å². The first-order valence-electron chi connectivity index (χ1n) is 8.75. The Morgan fingerprint density at radius 2 is 2.04 bits per heavy atom. The van der Waals surface area contributed by atoms with E-state index in [4.69, 9.17) is 4.74 Å². The van der Waals surface area contributed by atoms with Crippen LogP contribution in [0.4, 0.5) is 0 Å². The molecule has 3 rings (SSSR count). The van der Waals surface area contributed by atoms with Gasteiger partial charge in [0.15, 0.2) is 5.96 Å². The molecule has 1 aliphatic rings. The second-order valence-corrected chi connectivity index (χ2v) is 6.98. The van der Waals surface area contributed by atoms with Crippen LogP contribution in [0, 0.1) is 0 Å². The summed E-state index contributed by atoms with van der Waals surface area (Å²) in [6.45, 7) is 5.45. The van der Waals surface area contributed by atoms with Gasteiger partial charge in [-0.25, -0.2) is 0 Å². The minimum Gasteiger partial charge on any atom is -0.492 e. The van der Waals surface area contributed by atoms with Gasteiger partial charge in [-0.1, -0.05) is 18.2 Å². The van der Waals surface area contributed by atoms with E-state index < -0.39 is 0 Å². The normalized spacial score (nSPS) is 14.8. The van der Waals surface area contributed by atoms with Gasteiger partial charge in [0, 0.05) is 38.1 Å². The molecule has 0 saturated carbocycles. The van der Waals surface area contributed by atoms with Crippen molar-refractivity contribution in [2.75, 3.05) is 39.8 Å². The van der Waals surface area contributed by atoms with Crippen LogP contribution in [0.1, 0.15) is 10.4 Å². The molecular weight excluding hydrogens is 332 g/mol. The number of ether oxygens (including phenoxy) is 1. The third-order valence-corrected chi connectivity index (χ3v) is 5.26. The van der Waals surface area contributed by atoms with E-state index in [9.17, 15) is 0 Å². The average molecular weight is 359 g/mol. The molecule has 0 amide bonds. The summed E-state index contributed by atoms with van der Waals surface area (Å²) in [4.78, 5) is 8.31. The van der Waals surface area contributed by atoms with Gasteiger partial charge in [-0.05, 0) is 35.6 Å². The van der Waals surface area contributed by atoms with Crippen molar-refractivity contribution in [3.63, 3.8) is 0 Å². The fourth-order valence-corrected chi connectivity index (χ4v) is 3.80. The molecule has 0 spiro atoms. The third kappa shape index (κ3) is 5.47. The topological polar surface area (TPSA) is 48.9 Å². The zero-order chi connectivity index (χ0) is 17.3. The first-order chi connectivity index (χ1) is 12.3. The molecule has 6 heteroatoms. The van der Waals surface area contributed by atoms with Crippen LogP contribution in [0.25, 0.3) is 0 Å². The van der Waals surface area contributed by atoms with E-state index in [2.05, 4.69) is 32.0 Å². The molecule has 0 bridgehead atoms. The standard InChI is InChI=1S/C19H26N4OS/c1-20-19(22-10-13-24-17-5-3-2-4-6-17)21-9-12-23-11-7-18-16(15-23)8-14-25-18/h2-6,8,14H,7,9-13,15H2,1H3,(H2,20,21,22). The van der Waals surface area contributed by atoms with Gasteiger partial charge >= 0.3 is 0 Å². The van der Waals surface area contributed by atoms with Crippen molar-refractivity contribution in [3.05, 3.63) is 52.2 Å². The number of hydrogen-bond donors (Lipinski definition) is 2. The van der Waals surface area contributed by atoms with Gasteiger partial charge in [-0.2, -0.15) is 0 Å². The molecule has 0 fully saturated rings. The average Bonchev–Trinajstić information content (AvgIpc) is 3.12. The molecule has 1 aromatic heterocycles. The lowest BCUT2D eigenvalue weighted by atomic mass is 10.1. The van der Waals surface area contributed by atoms with Gasteiger partial charge < -0.3 is 15.4 Å². The molecular formula is C19H26N4OS. The molecule has 0 unspecified atom stereocenters. The molecule has 5 nitrogen and oxygen atoms in total. The van der Waals surface area contributed by atoms with E-state index in [0.717, 1.165) is 44.4 Å². The summed E-state index contributed by atoms with van der Waals surface area (Å²) in [6, 6.07) is 12.1. The van der Waals surface area contributed by atoms with E-state index in [-0.39, 0.29) is 0 Å². The first kappa shape index (κ1) is 17.8. The van der Waals surface area contributed by atoms with Crippen molar-refractivity contribution in [2.24, 2.45) is 4.99 Å². The largest absolute Gasteiger partial charge is 0.492 e. The van der Waals surface area contributed by atoms with Gasteiger partial charge in [0.25, 0.3) is 0 Å². The van der Waals surface area contributed by atoms with Crippen LogP contribution in [-0.2, 0) is 13.0 Å². The van der Waals surface area contributed by atoms with Crippen LogP contribution in [0.2, 0.25) is 0 Å². The summed E-state index contributed by atoms with van der Waals surface area (Å²) >= 11 is 1.89. The van der Waals surface area contributed by atoms with Crippen LogP contribution in [0.5, 0.6) is 5.75 Å². The van der Waals surface area contributed by atoms with E-state index in [1.165, 1.54) is 12.0 Å². The zero-order valence-corrected chi connectivity index (χ0v) is 15.5. The number of fused-ring (bicyclic) bond motifs is 1. The molecule has 0 aliphatic carbocycles. The predicted molar refractivity (Wildman–Crippen MR) is 105 cm³/mol. The van der Waals surface area contributed by atoms with Crippen molar-refractivity contribution in [1.82, 2.24) is 15.5 Å². The predicted octanol–water partition coefficient (Wildman–Crippen LogP) is 2.35. The number of hydrogen-bond acceptors (Lipinski definition) is 4. The van der Waals surface area contributed by atoms with Gasteiger partial charge in [0.2, 0.25) is 0 Å². The van der Waals surface area contributed by atoms with Crippen molar-refractivity contribution in [3.8, 4) is 5.75 Å². The summed E-state index contributed by atoms with van der Waals surface area (Å²) in [7, 11) is 1.80. The summed E-state index contributed by atoms with van der Waals surface area (Å²) < 4.78 is 5.67. The number of guanidine groups is 1. The van der Waals surface area contributed by atoms with Crippen LogP contribution in [0.3, 0.4) is 0 Å². The SMILES string of the molecule is CN=C(NCCOc1ccccc1)NCCN1CCc2sccc2C1. The molecule has 0 radical (unpaired) electrons. The molecule has 0 saturated heterocycles. The summed E-state index contributed by atoms with van der Waals surface area (Å²) in [6.07, 6.45) is 1.18. The molecule has 2 aromatic rings. The van der Waals surface area contributed by atoms with E-state index in [1.54, 1.807) is 11.9 Å². The van der Waals surface area contributed by atoms with Crippen LogP contribution < -0.4 is 15.4 Å². The van der Waals surface area contributed by atoms with Gasteiger partial charge in [0.1, 0.15) is 12.4 Å². The van der Waals surface area contributed by atoms with E-state index >= 15 is 0 Å². The monoisotopic (exact) mass is 358 g/mol. The van der Waals surface area contributed by atoms with Gasteiger partial charge in [-0.3, -0.25) is 9.89 Å². The number of nitrogens with zero attached hydrogens (tertiary/aromatic N) is 2. The summed E-state index contributed by atoms with van der Waals surface area (Å²) in [5.74, 6) is 1.72. The van der Waals surface area contributed by atoms with Gasteiger partial charge in [0.05, 0.1) is 6.54 Å². The maximum Gasteiger partial charge on any atom is 0.191 e. The molecule has 2 N–H and O–H groups in total. The minimum atomic E-state index is 0.609. The molecule has 1 aliphatic heterocycles. The Morgan fingerprint density at radius 1 is 1.20 bits per heavy atom. The number of benzene rings is 1. The quantitative estimate of drug-likeness (QED) is 0.453. The molecule has 134 valence electrons. The summed E-state index contributed by atoms with van der Waals surface area (Å²) in [5, 5.41) is 8.87. The number of para-hydroxylation sites is 1. The van der Waals surface area contributed by atoms with Crippen LogP contribution in [-0.4, -0.2) is 50.7 Å². The van der Waals surface area contributed by atoms with Crippen molar-refractivity contribution in [1.29, 1.82) is 0 Å². The van der Waals surface area contributed by atoms with Crippen molar-refractivity contribution >= 4 is 17.3 Å². The second-order valence-electron chi connectivity index (χ2n) is 5.98. The number of rotatable bonds is 7. The number of nitrogens with one attached hydrogen (secondary N) is 2. The van der Waals surface area contributed by atoms with Crippen LogP contribution in [0.15, 0.2) is 46.8 Å². The second kappa shape index (κ2) is 9.44. The van der Waals surface area contributed by atoms with E-state index in [0.29, 0.717) is 6.61 Å². The first-order valence-corrected chi connectivity index (χ1v) is 9.63. The maximum atomic E-state index is 5.67. The molecule has 1 aromatic carbocycles. The Balaban J connectivity index is 1.30. The molecule has 2 heterocycles. The lowest BCUT2D eigenvalue weighted by Crippen LogP contribution is -2.43. The Hall–Kier alpha value is -2.05. The van der Waals surface area contributed by atoms with Crippen LogP contribution >= 0.6 is 11.3 Å². The smallest absolute Gasteiger partial charge is 0.191 e. The van der Waals surface area contributed by atoms with Crippen molar-refractivity contribution in [2.45, 2.75) is 13.0 Å². The molecule has 0 atom stereocenters. The Kier molecular flexibility index (Phi) is 6.71. The highest BCUT2D eigenvalue weighted by molar-refractivity contribution is 7.10. The number of aliphatic imine (C=N–C) groups is 1. The third-order valence-electron chi connectivity index (χ3n) is 4.24. The Bertz CT molecular complexity index is 671. The lowest BCUT2D eigenvalue weighted by molar-refractivity contribution is 0.260. The maximum absolute atomic E-state index is 5.67. The van der Waals surface area contributed by atoms with Gasteiger partial charge in [-0.15, -0.1) is 11.3 Å². The summed E-state index contributed by atoms with van der Waals surface area (Å²) in [5.41, 5.74) is 1.50. The number of thiophene rings is 1. The fourth-order valence-electron chi connectivity index (χ4n) is 2.91.